The molecule has 1 atom stereocenters. The van der Waals surface area contributed by atoms with Gasteiger partial charge in [0.25, 0.3) is 10.1 Å². The predicted octanol–water partition coefficient (Wildman–Crippen LogP) is 1.56. The number of carboxylic acid groups (broad SMARTS) is 1. The molecule has 2 rings (SSSR count). The fraction of sp³-hybridized carbons (Fsp3) is 0.300. The lowest BCUT2D eigenvalue weighted by Crippen LogP contribution is -2.50. The minimum atomic E-state index is -3.67. The molecule has 0 aliphatic heterocycles. The highest BCUT2D eigenvalue weighted by Crippen LogP contribution is 2.27. The minimum absolute atomic E-state index is 0.0389. The number of nitrogens with two attached hydrogens (primary N) is 1. The van der Waals surface area contributed by atoms with Gasteiger partial charge in [-0.1, -0.05) is 24.3 Å². The largest absolute Gasteiger partial charge is 0.504 e. The summed E-state index contributed by atoms with van der Waals surface area (Å²) in [6.45, 7) is 0.0424. The summed E-state index contributed by atoms with van der Waals surface area (Å²) in [4.78, 5) is 23.4. The molecule has 31 heavy (non-hydrogen) atoms. The number of benzene rings is 2. The van der Waals surface area contributed by atoms with Crippen molar-refractivity contribution < 1.29 is 42.6 Å². The molecule has 0 aromatic heterocycles. The second-order valence-corrected chi connectivity index (χ2v) is 8.27. The molecule has 0 unspecified atom stereocenters. The number of carbonyl (C=O) groups is 2. The van der Waals surface area contributed by atoms with Crippen LogP contribution in [-0.4, -0.2) is 58.6 Å². The number of rotatable bonds is 8. The monoisotopic (exact) mass is 455 g/mol. The first kappa shape index (κ1) is 25.9. The van der Waals surface area contributed by atoms with E-state index in [2.05, 4.69) is 0 Å². The predicted molar refractivity (Wildman–Crippen MR) is 111 cm³/mol. The van der Waals surface area contributed by atoms with Crippen molar-refractivity contribution in [1.29, 1.82) is 0 Å². The number of ether oxygens (including phenoxy) is 1. The van der Waals surface area contributed by atoms with Crippen LogP contribution >= 0.6 is 0 Å². The number of carboxylic acids is 1. The Morgan fingerprint density at radius 3 is 2.16 bits per heavy atom. The molecular weight excluding hydrogens is 430 g/mol. The maximum Gasteiger partial charge on any atom is 0.338 e. The first-order valence-corrected chi connectivity index (χ1v) is 10.8. The number of hydrogen-bond donors (Lipinski definition) is 5. The van der Waals surface area contributed by atoms with E-state index in [1.807, 2.05) is 0 Å². The van der Waals surface area contributed by atoms with Gasteiger partial charge < -0.3 is 25.8 Å². The van der Waals surface area contributed by atoms with Crippen molar-refractivity contribution in [2.45, 2.75) is 24.8 Å². The second kappa shape index (κ2) is 11.3. The van der Waals surface area contributed by atoms with Crippen LogP contribution in [0.15, 0.2) is 48.5 Å². The molecule has 0 saturated carbocycles. The van der Waals surface area contributed by atoms with Gasteiger partial charge in [0.05, 0.1) is 18.4 Å². The van der Waals surface area contributed by atoms with E-state index in [4.69, 9.17) is 15.0 Å². The summed E-state index contributed by atoms with van der Waals surface area (Å²) in [5.74, 6) is -2.31. The van der Waals surface area contributed by atoms with Crippen molar-refractivity contribution in [2.24, 2.45) is 5.73 Å². The van der Waals surface area contributed by atoms with E-state index in [0.29, 0.717) is 17.4 Å². The maximum absolute atomic E-state index is 11.8. The number of aromatic hydroxyl groups is 2. The van der Waals surface area contributed by atoms with E-state index in [0.717, 1.165) is 0 Å². The van der Waals surface area contributed by atoms with Crippen molar-refractivity contribution in [3.05, 3.63) is 59.7 Å². The maximum atomic E-state index is 11.8. The van der Waals surface area contributed by atoms with Crippen LogP contribution in [0.5, 0.6) is 11.5 Å². The fourth-order valence-corrected chi connectivity index (χ4v) is 2.52. The van der Waals surface area contributed by atoms with Crippen molar-refractivity contribution in [2.75, 3.05) is 12.9 Å². The number of aliphatic carboxylic acids is 1. The first-order valence-electron chi connectivity index (χ1n) is 8.99. The molecular formula is C20H25NO9S. The average molecular weight is 455 g/mol. The smallest absolute Gasteiger partial charge is 0.338 e. The van der Waals surface area contributed by atoms with E-state index in [-0.39, 0.29) is 37.4 Å². The van der Waals surface area contributed by atoms with Crippen LogP contribution in [0.2, 0.25) is 0 Å². The molecule has 11 heteroatoms. The van der Waals surface area contributed by atoms with Crippen LogP contribution in [0, 0.1) is 0 Å². The third-order valence-electron chi connectivity index (χ3n) is 4.00. The van der Waals surface area contributed by atoms with Gasteiger partial charge in [-0.25, -0.2) is 4.79 Å². The third kappa shape index (κ3) is 9.94. The lowest BCUT2D eigenvalue weighted by molar-refractivity contribution is -0.143. The van der Waals surface area contributed by atoms with Crippen molar-refractivity contribution in [3.63, 3.8) is 0 Å². The Bertz CT molecular complexity index is 985. The molecule has 0 radical (unpaired) electrons. The molecule has 2 aromatic carbocycles. The van der Waals surface area contributed by atoms with Crippen LogP contribution in [0.4, 0.5) is 0 Å². The van der Waals surface area contributed by atoms with Crippen LogP contribution in [0.1, 0.15) is 28.8 Å². The number of esters is 1. The summed E-state index contributed by atoms with van der Waals surface area (Å²) >= 11 is 0. The lowest BCUT2D eigenvalue weighted by Gasteiger charge is -2.25. The summed E-state index contributed by atoms with van der Waals surface area (Å²) in [5, 5.41) is 28.3. The Hall–Kier alpha value is -3.15. The Kier molecular flexibility index (Phi) is 9.43. The third-order valence-corrected chi connectivity index (χ3v) is 4.00. The van der Waals surface area contributed by atoms with Gasteiger partial charge in [0.2, 0.25) is 0 Å². The van der Waals surface area contributed by atoms with Gasteiger partial charge in [-0.3, -0.25) is 9.35 Å². The Morgan fingerprint density at radius 1 is 1.06 bits per heavy atom. The Labute approximate surface area is 179 Å². The van der Waals surface area contributed by atoms with Gasteiger partial charge in [-0.05, 0) is 42.7 Å². The van der Waals surface area contributed by atoms with Crippen molar-refractivity contribution >= 4 is 22.1 Å². The molecule has 170 valence electrons. The molecule has 10 nitrogen and oxygen atoms in total. The SMILES string of the molecule is CS(=O)(=O)O.N[C@@](CCCOC(=O)c1ccccc1)(Cc1ccc(O)c(O)c1)C(=O)O. The molecule has 0 amide bonds. The Balaban J connectivity index is 0.000000861. The number of phenols is 2. The van der Waals surface area contributed by atoms with Crippen LogP contribution in [0.25, 0.3) is 0 Å². The molecule has 0 saturated heterocycles. The van der Waals surface area contributed by atoms with E-state index in [1.54, 1.807) is 30.3 Å². The quantitative estimate of drug-likeness (QED) is 0.169. The topological polar surface area (TPSA) is 184 Å². The van der Waals surface area contributed by atoms with Gasteiger partial charge in [0.1, 0.15) is 5.54 Å². The summed E-state index contributed by atoms with van der Waals surface area (Å²) < 4.78 is 31.0. The van der Waals surface area contributed by atoms with E-state index in [9.17, 15) is 33.3 Å². The molecule has 2 aromatic rings. The molecule has 0 aliphatic carbocycles. The van der Waals surface area contributed by atoms with Gasteiger partial charge in [-0.2, -0.15) is 8.42 Å². The molecule has 0 spiro atoms. The van der Waals surface area contributed by atoms with E-state index >= 15 is 0 Å². The molecule has 0 bridgehead atoms. The molecule has 0 heterocycles. The fourth-order valence-electron chi connectivity index (χ4n) is 2.52. The molecule has 0 aliphatic rings. The van der Waals surface area contributed by atoms with Crippen LogP contribution in [-0.2, 0) is 26.1 Å². The highest BCUT2D eigenvalue weighted by Gasteiger charge is 2.34. The zero-order chi connectivity index (χ0) is 23.7. The summed E-state index contributed by atoms with van der Waals surface area (Å²) in [5.41, 5.74) is 5.32. The van der Waals surface area contributed by atoms with Gasteiger partial charge in [-0.15, -0.1) is 0 Å². The van der Waals surface area contributed by atoms with Crippen LogP contribution < -0.4 is 5.73 Å². The highest BCUT2D eigenvalue weighted by molar-refractivity contribution is 7.85. The number of carbonyl (C=O) groups excluding carboxylic acids is 1. The van der Waals surface area contributed by atoms with Gasteiger partial charge in [0.15, 0.2) is 11.5 Å². The Morgan fingerprint density at radius 2 is 1.65 bits per heavy atom. The average Bonchev–Trinajstić information content (AvgIpc) is 2.67. The summed E-state index contributed by atoms with van der Waals surface area (Å²) in [7, 11) is -3.67. The van der Waals surface area contributed by atoms with Gasteiger partial charge in [0, 0.05) is 6.42 Å². The van der Waals surface area contributed by atoms with Crippen molar-refractivity contribution in [3.8, 4) is 11.5 Å². The number of hydrogen-bond acceptors (Lipinski definition) is 8. The highest BCUT2D eigenvalue weighted by atomic mass is 32.2. The van der Waals surface area contributed by atoms with E-state index in [1.165, 1.54) is 18.2 Å². The lowest BCUT2D eigenvalue weighted by atomic mass is 9.87. The van der Waals surface area contributed by atoms with Gasteiger partial charge >= 0.3 is 11.9 Å². The summed E-state index contributed by atoms with van der Waals surface area (Å²) in [6, 6.07) is 12.5. The minimum Gasteiger partial charge on any atom is -0.504 e. The summed E-state index contributed by atoms with van der Waals surface area (Å²) in [6.07, 6.45) is 1.02. The second-order valence-electron chi connectivity index (χ2n) is 6.80. The normalized spacial score (nSPS) is 12.7. The van der Waals surface area contributed by atoms with Crippen LogP contribution in [0.3, 0.4) is 0 Å². The molecule has 0 fully saturated rings. The molecule has 6 N–H and O–H groups in total. The zero-order valence-electron chi connectivity index (χ0n) is 16.8. The first-order chi connectivity index (χ1) is 14.3. The van der Waals surface area contributed by atoms with E-state index < -0.39 is 27.6 Å². The standard InChI is InChI=1S/C19H21NO6.CH4O3S/c20-19(18(24)25,12-13-7-8-15(21)16(22)11-13)9-4-10-26-17(23)14-5-2-1-3-6-14;1-5(2,3)4/h1-3,5-8,11,21-22H,4,9-10,12,20H2,(H,24,25);1H3,(H,2,3,4)/t19-;/m0./s1. The van der Waals surface area contributed by atoms with Crippen molar-refractivity contribution in [1.82, 2.24) is 0 Å². The zero-order valence-corrected chi connectivity index (χ0v) is 17.6. The number of phenolic OH excluding ortho intramolecular Hbond substituents is 2.